The number of thioether (sulfide) groups is 1. The molecule has 0 amide bonds. The van der Waals surface area contributed by atoms with Gasteiger partial charge in [0.25, 0.3) is 0 Å². The normalized spacial score (nSPS) is 10.4. The third kappa shape index (κ3) is 3.13. The first-order valence-electron chi connectivity index (χ1n) is 5.29. The second kappa shape index (κ2) is 5.58. The first kappa shape index (κ1) is 11.8. The minimum absolute atomic E-state index is 0.685. The van der Waals surface area contributed by atoms with Crippen molar-refractivity contribution in [2.24, 2.45) is 0 Å². The van der Waals surface area contributed by atoms with E-state index in [1.807, 2.05) is 31.2 Å². The van der Waals surface area contributed by atoms with E-state index in [9.17, 15) is 0 Å². The van der Waals surface area contributed by atoms with Gasteiger partial charge >= 0.3 is 0 Å². The van der Waals surface area contributed by atoms with Gasteiger partial charge in [-0.2, -0.15) is 0 Å². The SMILES string of the molecule is CCOc1ccc(CSc2nncn2N)cc1. The Bertz CT molecular complexity index is 469. The molecule has 0 bridgehead atoms. The minimum Gasteiger partial charge on any atom is -0.494 e. The van der Waals surface area contributed by atoms with Gasteiger partial charge in [0.05, 0.1) is 6.61 Å². The maximum Gasteiger partial charge on any atom is 0.209 e. The van der Waals surface area contributed by atoms with Crippen molar-refractivity contribution in [3.8, 4) is 5.75 Å². The second-order valence-electron chi connectivity index (χ2n) is 3.39. The van der Waals surface area contributed by atoms with E-state index in [1.54, 1.807) is 11.8 Å². The number of hydrogen-bond donors (Lipinski definition) is 1. The summed E-state index contributed by atoms with van der Waals surface area (Å²) in [6, 6.07) is 8.00. The van der Waals surface area contributed by atoms with Crippen LogP contribution in [0.2, 0.25) is 0 Å². The Hall–Kier alpha value is -1.69. The Morgan fingerprint density at radius 1 is 1.35 bits per heavy atom. The summed E-state index contributed by atoms with van der Waals surface area (Å²) in [5, 5.41) is 8.33. The van der Waals surface area contributed by atoms with Crippen molar-refractivity contribution >= 4 is 11.8 Å². The zero-order chi connectivity index (χ0) is 12.1. The zero-order valence-corrected chi connectivity index (χ0v) is 10.4. The van der Waals surface area contributed by atoms with Crippen LogP contribution >= 0.6 is 11.8 Å². The lowest BCUT2D eigenvalue weighted by Crippen LogP contribution is -2.07. The summed E-state index contributed by atoms with van der Waals surface area (Å²) >= 11 is 1.55. The zero-order valence-electron chi connectivity index (χ0n) is 9.54. The molecule has 0 radical (unpaired) electrons. The molecule has 0 atom stereocenters. The summed E-state index contributed by atoms with van der Waals surface area (Å²) in [4.78, 5) is 0. The van der Waals surface area contributed by atoms with E-state index >= 15 is 0 Å². The number of nitrogens with zero attached hydrogens (tertiary/aromatic N) is 3. The van der Waals surface area contributed by atoms with Crippen molar-refractivity contribution in [1.82, 2.24) is 14.9 Å². The van der Waals surface area contributed by atoms with Gasteiger partial charge in [0.1, 0.15) is 12.1 Å². The Kier molecular flexibility index (Phi) is 3.87. The lowest BCUT2D eigenvalue weighted by molar-refractivity contribution is 0.340. The second-order valence-corrected chi connectivity index (χ2v) is 4.33. The lowest BCUT2D eigenvalue weighted by atomic mass is 10.2. The van der Waals surface area contributed by atoms with Crippen molar-refractivity contribution in [3.63, 3.8) is 0 Å². The van der Waals surface area contributed by atoms with E-state index in [-0.39, 0.29) is 0 Å². The average Bonchev–Trinajstić information content (AvgIpc) is 2.75. The largest absolute Gasteiger partial charge is 0.494 e. The van der Waals surface area contributed by atoms with Crippen LogP contribution in [-0.4, -0.2) is 21.5 Å². The van der Waals surface area contributed by atoms with Crippen LogP contribution in [0.3, 0.4) is 0 Å². The van der Waals surface area contributed by atoms with Crippen molar-refractivity contribution in [2.45, 2.75) is 17.8 Å². The quantitative estimate of drug-likeness (QED) is 0.646. The fourth-order valence-corrected chi connectivity index (χ4v) is 2.12. The first-order chi connectivity index (χ1) is 8.29. The van der Waals surface area contributed by atoms with Gasteiger partial charge in [-0.3, -0.25) is 0 Å². The molecule has 0 saturated heterocycles. The van der Waals surface area contributed by atoms with Crippen LogP contribution in [0.25, 0.3) is 0 Å². The van der Waals surface area contributed by atoms with Crippen molar-refractivity contribution in [3.05, 3.63) is 36.2 Å². The number of benzene rings is 1. The number of nitrogens with two attached hydrogens (primary N) is 1. The first-order valence-corrected chi connectivity index (χ1v) is 6.28. The molecule has 2 N–H and O–H groups in total. The number of ether oxygens (including phenoxy) is 1. The van der Waals surface area contributed by atoms with Crippen LogP contribution in [0.5, 0.6) is 5.75 Å². The number of hydrogen-bond acceptors (Lipinski definition) is 5. The fraction of sp³-hybridized carbons (Fsp3) is 0.273. The van der Waals surface area contributed by atoms with Gasteiger partial charge in [-0.25, -0.2) is 4.68 Å². The molecular formula is C11H14N4OS. The van der Waals surface area contributed by atoms with Crippen molar-refractivity contribution in [1.29, 1.82) is 0 Å². The third-order valence-electron chi connectivity index (χ3n) is 2.14. The Morgan fingerprint density at radius 2 is 2.12 bits per heavy atom. The molecule has 0 aliphatic carbocycles. The van der Waals surface area contributed by atoms with E-state index in [0.29, 0.717) is 11.8 Å². The topological polar surface area (TPSA) is 66.0 Å². The summed E-state index contributed by atoms with van der Waals surface area (Å²) in [6.07, 6.45) is 1.49. The van der Waals surface area contributed by atoms with Crippen molar-refractivity contribution in [2.75, 3.05) is 12.4 Å². The Labute approximate surface area is 104 Å². The Morgan fingerprint density at radius 3 is 2.71 bits per heavy atom. The molecule has 0 aliphatic heterocycles. The van der Waals surface area contributed by atoms with Crippen LogP contribution in [0.4, 0.5) is 0 Å². The highest BCUT2D eigenvalue weighted by Crippen LogP contribution is 2.21. The summed E-state index contributed by atoms with van der Waals surface area (Å²) in [7, 11) is 0. The van der Waals surface area contributed by atoms with Crippen LogP contribution in [0, 0.1) is 0 Å². The van der Waals surface area contributed by atoms with Gasteiger partial charge < -0.3 is 10.6 Å². The predicted octanol–water partition coefficient (Wildman–Crippen LogP) is 1.68. The Balaban J connectivity index is 1.93. The van der Waals surface area contributed by atoms with Gasteiger partial charge in [0.15, 0.2) is 0 Å². The number of aromatic nitrogens is 3. The number of nitrogen functional groups attached to an aromatic ring is 1. The van der Waals surface area contributed by atoms with Gasteiger partial charge in [-0.05, 0) is 24.6 Å². The van der Waals surface area contributed by atoms with Crippen LogP contribution < -0.4 is 10.6 Å². The predicted molar refractivity (Wildman–Crippen MR) is 67.3 cm³/mol. The van der Waals surface area contributed by atoms with Crippen molar-refractivity contribution < 1.29 is 4.74 Å². The number of rotatable bonds is 5. The molecule has 1 aromatic heterocycles. The molecular weight excluding hydrogens is 236 g/mol. The van der Waals surface area contributed by atoms with E-state index in [4.69, 9.17) is 10.6 Å². The molecule has 2 aromatic rings. The van der Waals surface area contributed by atoms with Gasteiger partial charge in [0, 0.05) is 5.75 Å². The smallest absolute Gasteiger partial charge is 0.209 e. The van der Waals surface area contributed by atoms with Gasteiger partial charge in [-0.15, -0.1) is 10.2 Å². The molecule has 0 saturated carbocycles. The molecule has 5 nitrogen and oxygen atoms in total. The molecule has 1 heterocycles. The maximum absolute atomic E-state index is 5.62. The van der Waals surface area contributed by atoms with E-state index in [2.05, 4.69) is 10.2 Å². The van der Waals surface area contributed by atoms with E-state index < -0.39 is 0 Å². The van der Waals surface area contributed by atoms with Crippen LogP contribution in [0.15, 0.2) is 35.7 Å². The van der Waals surface area contributed by atoms with Crippen LogP contribution in [-0.2, 0) is 5.75 Å². The molecule has 0 aliphatic rings. The highest BCUT2D eigenvalue weighted by atomic mass is 32.2. The fourth-order valence-electron chi connectivity index (χ4n) is 1.33. The molecule has 0 unspecified atom stereocenters. The summed E-state index contributed by atoms with van der Waals surface area (Å²) < 4.78 is 6.79. The lowest BCUT2D eigenvalue weighted by Gasteiger charge is -2.04. The summed E-state index contributed by atoms with van der Waals surface area (Å²) in [5.41, 5.74) is 1.20. The highest BCUT2D eigenvalue weighted by Gasteiger charge is 2.02. The molecule has 17 heavy (non-hydrogen) atoms. The minimum atomic E-state index is 0.685. The molecule has 0 spiro atoms. The van der Waals surface area contributed by atoms with E-state index in [1.165, 1.54) is 16.6 Å². The monoisotopic (exact) mass is 250 g/mol. The molecule has 6 heteroatoms. The molecule has 1 aromatic carbocycles. The van der Waals surface area contributed by atoms with E-state index in [0.717, 1.165) is 11.5 Å². The average molecular weight is 250 g/mol. The highest BCUT2D eigenvalue weighted by molar-refractivity contribution is 7.98. The third-order valence-corrected chi connectivity index (χ3v) is 3.17. The standard InChI is InChI=1S/C11H14N4OS/c1-2-16-10-5-3-9(4-6-10)7-17-11-14-13-8-15(11)12/h3-6,8H,2,7,12H2,1H3. The summed E-state index contributed by atoms with van der Waals surface area (Å²) in [6.45, 7) is 2.65. The maximum atomic E-state index is 5.62. The molecule has 90 valence electrons. The molecule has 2 rings (SSSR count). The molecule has 0 fully saturated rings. The summed E-state index contributed by atoms with van der Waals surface area (Å²) in [5.74, 6) is 7.32. The van der Waals surface area contributed by atoms with Gasteiger partial charge in [0.2, 0.25) is 5.16 Å². The van der Waals surface area contributed by atoms with Crippen LogP contribution in [0.1, 0.15) is 12.5 Å². The van der Waals surface area contributed by atoms with Gasteiger partial charge in [-0.1, -0.05) is 23.9 Å².